The molecule has 1 atom stereocenters. The predicted octanol–water partition coefficient (Wildman–Crippen LogP) is 2.91. The van der Waals surface area contributed by atoms with Crippen molar-refractivity contribution < 1.29 is 23.0 Å². The first-order valence-electron chi connectivity index (χ1n) is 7.33. The van der Waals surface area contributed by atoms with E-state index >= 15 is 0 Å². The maximum absolute atomic E-state index is 13.2. The first kappa shape index (κ1) is 18.2. The van der Waals surface area contributed by atoms with Gasteiger partial charge in [-0.3, -0.25) is 4.79 Å². The molecule has 0 fully saturated rings. The van der Waals surface area contributed by atoms with Crippen LogP contribution in [0.3, 0.4) is 0 Å². The number of amides is 1. The summed E-state index contributed by atoms with van der Waals surface area (Å²) in [6.45, 7) is 0. The second-order valence-electron chi connectivity index (χ2n) is 5.16. The van der Waals surface area contributed by atoms with Gasteiger partial charge in [0.2, 0.25) is 5.91 Å². The fourth-order valence-electron chi connectivity index (χ4n) is 2.28. The highest BCUT2D eigenvalue weighted by Gasteiger charge is 2.19. The third-order valence-corrected chi connectivity index (χ3v) is 3.53. The van der Waals surface area contributed by atoms with Gasteiger partial charge in [-0.15, -0.1) is 0 Å². The summed E-state index contributed by atoms with van der Waals surface area (Å²) in [5, 5.41) is 11.9. The van der Waals surface area contributed by atoms with Gasteiger partial charge >= 0.3 is 0 Å². The molecule has 0 aromatic heterocycles. The molecule has 0 saturated carbocycles. The van der Waals surface area contributed by atoms with Gasteiger partial charge in [-0.25, -0.2) is 8.78 Å². The van der Waals surface area contributed by atoms with E-state index in [9.17, 15) is 18.8 Å². The van der Waals surface area contributed by atoms with Crippen molar-refractivity contribution in [2.75, 3.05) is 14.2 Å². The van der Waals surface area contributed by atoms with Gasteiger partial charge in [-0.05, 0) is 29.8 Å². The van der Waals surface area contributed by atoms with E-state index in [0.717, 1.165) is 12.1 Å². The van der Waals surface area contributed by atoms with Crippen molar-refractivity contribution >= 4 is 5.91 Å². The Bertz CT molecular complexity index is 818. The van der Waals surface area contributed by atoms with Crippen LogP contribution in [0.5, 0.6) is 11.5 Å². The third-order valence-electron chi connectivity index (χ3n) is 3.53. The molecule has 0 aliphatic carbocycles. The number of nitrogens with one attached hydrogen (secondary N) is 1. The summed E-state index contributed by atoms with van der Waals surface area (Å²) >= 11 is 0. The quantitative estimate of drug-likeness (QED) is 0.873. The molecule has 2 rings (SSSR count). The van der Waals surface area contributed by atoms with Crippen LogP contribution in [0.15, 0.2) is 36.4 Å². The van der Waals surface area contributed by atoms with E-state index < -0.39 is 23.6 Å². The number of carbonyl (C=O) groups is 1. The predicted molar refractivity (Wildman–Crippen MR) is 86.1 cm³/mol. The number of halogens is 2. The number of rotatable bonds is 6. The minimum absolute atomic E-state index is 0.187. The molecule has 25 heavy (non-hydrogen) atoms. The largest absolute Gasteiger partial charge is 0.497 e. The topological polar surface area (TPSA) is 71.3 Å². The van der Waals surface area contributed by atoms with E-state index in [1.54, 1.807) is 18.2 Å². The number of carbonyl (C=O) groups excluding carboxylic acids is 1. The van der Waals surface area contributed by atoms with Crippen LogP contribution in [0, 0.1) is 23.0 Å². The molecule has 1 N–H and O–H groups in total. The molecule has 130 valence electrons. The van der Waals surface area contributed by atoms with E-state index in [1.807, 2.05) is 6.07 Å². The number of benzene rings is 2. The van der Waals surface area contributed by atoms with E-state index in [4.69, 9.17) is 9.47 Å². The highest BCUT2D eigenvalue weighted by Crippen LogP contribution is 2.29. The van der Waals surface area contributed by atoms with Crippen molar-refractivity contribution in [3.63, 3.8) is 0 Å². The van der Waals surface area contributed by atoms with Crippen molar-refractivity contribution in [3.05, 3.63) is 59.2 Å². The Morgan fingerprint density at radius 1 is 1.16 bits per heavy atom. The minimum Gasteiger partial charge on any atom is -0.497 e. The van der Waals surface area contributed by atoms with Crippen LogP contribution in [0.1, 0.15) is 17.2 Å². The molecular formula is C18H16F2N2O3. The van der Waals surface area contributed by atoms with Crippen LogP contribution in [-0.2, 0) is 11.2 Å². The number of methoxy groups -OCH3 is 2. The fraction of sp³-hybridized carbons (Fsp3) is 0.222. The Kier molecular flexibility index (Phi) is 5.90. The molecule has 1 amide bonds. The molecule has 0 spiro atoms. The molecule has 0 unspecified atom stereocenters. The smallest absolute Gasteiger partial charge is 0.225 e. The SMILES string of the molecule is COc1ccc([C@H](C#N)NC(=O)Cc2ccc(F)c(F)c2)c(OC)c1. The summed E-state index contributed by atoms with van der Waals surface area (Å²) in [5.41, 5.74) is 0.763. The van der Waals surface area contributed by atoms with Crippen LogP contribution in [0.2, 0.25) is 0 Å². The molecule has 0 aliphatic rings. The average molecular weight is 346 g/mol. The number of ether oxygens (including phenoxy) is 2. The van der Waals surface area contributed by atoms with Crippen LogP contribution in [0.4, 0.5) is 8.78 Å². The Morgan fingerprint density at radius 3 is 2.52 bits per heavy atom. The normalized spacial score (nSPS) is 11.3. The van der Waals surface area contributed by atoms with Crippen molar-refractivity contribution in [3.8, 4) is 17.6 Å². The molecule has 0 aliphatic heterocycles. The zero-order chi connectivity index (χ0) is 18.4. The molecule has 0 saturated heterocycles. The van der Waals surface area contributed by atoms with Crippen LogP contribution < -0.4 is 14.8 Å². The molecule has 7 heteroatoms. The third kappa shape index (κ3) is 4.44. The van der Waals surface area contributed by atoms with E-state index in [2.05, 4.69) is 5.32 Å². The minimum atomic E-state index is -1.03. The molecule has 0 bridgehead atoms. The lowest BCUT2D eigenvalue weighted by atomic mass is 10.1. The van der Waals surface area contributed by atoms with Gasteiger partial charge in [0.15, 0.2) is 11.6 Å². The highest BCUT2D eigenvalue weighted by molar-refractivity contribution is 5.79. The number of hydrogen-bond donors (Lipinski definition) is 1. The molecule has 0 radical (unpaired) electrons. The van der Waals surface area contributed by atoms with E-state index in [1.165, 1.54) is 20.3 Å². The lowest BCUT2D eigenvalue weighted by Gasteiger charge is -2.16. The first-order valence-corrected chi connectivity index (χ1v) is 7.33. The van der Waals surface area contributed by atoms with Gasteiger partial charge in [0.05, 0.1) is 26.7 Å². The number of nitriles is 1. The summed E-state index contributed by atoms with van der Waals surface area (Å²) in [6.07, 6.45) is -0.187. The molecule has 5 nitrogen and oxygen atoms in total. The molecule has 2 aromatic carbocycles. The summed E-state index contributed by atoms with van der Waals surface area (Å²) in [5.74, 6) is -1.58. The highest BCUT2D eigenvalue weighted by atomic mass is 19.2. The maximum Gasteiger partial charge on any atom is 0.225 e. The van der Waals surface area contributed by atoms with Gasteiger partial charge in [0, 0.05) is 11.6 Å². The van der Waals surface area contributed by atoms with Crippen molar-refractivity contribution in [1.82, 2.24) is 5.32 Å². The zero-order valence-electron chi connectivity index (χ0n) is 13.7. The fourth-order valence-corrected chi connectivity index (χ4v) is 2.28. The lowest BCUT2D eigenvalue weighted by Crippen LogP contribution is -2.29. The second-order valence-corrected chi connectivity index (χ2v) is 5.16. The molecular weight excluding hydrogens is 330 g/mol. The Morgan fingerprint density at radius 2 is 1.92 bits per heavy atom. The summed E-state index contributed by atoms with van der Waals surface area (Å²) in [4.78, 5) is 12.1. The van der Waals surface area contributed by atoms with Crippen LogP contribution in [-0.4, -0.2) is 20.1 Å². The standard InChI is InChI=1S/C18H16F2N2O3/c1-24-12-4-5-13(17(9-12)25-2)16(10-21)22-18(23)8-11-3-6-14(19)15(20)7-11/h3-7,9,16H,8H2,1-2H3,(H,22,23)/t16-/m0/s1. The van der Waals surface area contributed by atoms with E-state index in [-0.39, 0.29) is 6.42 Å². The van der Waals surface area contributed by atoms with Crippen molar-refractivity contribution in [2.45, 2.75) is 12.5 Å². The van der Waals surface area contributed by atoms with Crippen molar-refractivity contribution in [2.24, 2.45) is 0 Å². The number of hydrogen-bond acceptors (Lipinski definition) is 4. The van der Waals surface area contributed by atoms with Crippen LogP contribution >= 0.6 is 0 Å². The Hall–Kier alpha value is -3.14. The van der Waals surface area contributed by atoms with Gasteiger partial charge < -0.3 is 14.8 Å². The molecule has 2 aromatic rings. The van der Waals surface area contributed by atoms with E-state index in [0.29, 0.717) is 22.6 Å². The van der Waals surface area contributed by atoms with Gasteiger partial charge in [0.25, 0.3) is 0 Å². The lowest BCUT2D eigenvalue weighted by molar-refractivity contribution is -0.120. The monoisotopic (exact) mass is 346 g/mol. The van der Waals surface area contributed by atoms with Crippen LogP contribution in [0.25, 0.3) is 0 Å². The van der Waals surface area contributed by atoms with Crippen molar-refractivity contribution in [1.29, 1.82) is 5.26 Å². The Balaban J connectivity index is 2.15. The average Bonchev–Trinajstić information content (AvgIpc) is 2.62. The zero-order valence-corrected chi connectivity index (χ0v) is 13.7. The Labute approximate surface area is 143 Å². The summed E-state index contributed by atoms with van der Waals surface area (Å²) in [7, 11) is 2.94. The first-order chi connectivity index (χ1) is 12.0. The summed E-state index contributed by atoms with van der Waals surface area (Å²) in [6, 6.07) is 9.09. The molecule has 0 heterocycles. The number of nitrogens with zero attached hydrogens (tertiary/aromatic N) is 1. The van der Waals surface area contributed by atoms with Gasteiger partial charge in [-0.1, -0.05) is 6.07 Å². The maximum atomic E-state index is 13.2. The van der Waals surface area contributed by atoms with Gasteiger partial charge in [0.1, 0.15) is 17.5 Å². The van der Waals surface area contributed by atoms with Gasteiger partial charge in [-0.2, -0.15) is 5.26 Å². The summed E-state index contributed by atoms with van der Waals surface area (Å²) < 4.78 is 36.4. The second kappa shape index (κ2) is 8.11.